The molecule has 7 heteroatoms. The number of hydrogen-bond acceptors (Lipinski definition) is 3. The summed E-state index contributed by atoms with van der Waals surface area (Å²) in [6.45, 7) is 11.5. The van der Waals surface area contributed by atoms with Crippen molar-refractivity contribution in [1.82, 2.24) is 20.4 Å². The number of guanidine groups is 1. The number of amides is 1. The van der Waals surface area contributed by atoms with Crippen LogP contribution in [0.3, 0.4) is 0 Å². The molecule has 0 atom stereocenters. The van der Waals surface area contributed by atoms with Crippen LogP contribution in [0.5, 0.6) is 0 Å². The Hall–Kier alpha value is -1.87. The number of rotatable bonds is 6. The lowest BCUT2D eigenvalue weighted by Gasteiger charge is -2.36. The van der Waals surface area contributed by atoms with E-state index in [9.17, 15) is 4.79 Å². The Morgan fingerprint density at radius 1 is 1.07 bits per heavy atom. The van der Waals surface area contributed by atoms with E-state index in [1.54, 1.807) is 0 Å². The van der Waals surface area contributed by atoms with Gasteiger partial charge in [-0.3, -0.25) is 9.69 Å². The number of halogens is 1. The quantitative estimate of drug-likeness (QED) is 0.347. The number of piperazine rings is 1. The Kier molecular flexibility index (Phi) is 9.84. The molecule has 0 spiro atoms. The first-order valence-corrected chi connectivity index (χ1v) is 10.6. The van der Waals surface area contributed by atoms with Crippen molar-refractivity contribution in [1.29, 1.82) is 0 Å². The number of fused-ring (bicyclic) bond motifs is 1. The number of benzene rings is 2. The topological polar surface area (TPSA) is 60.0 Å². The Morgan fingerprint density at radius 3 is 2.43 bits per heavy atom. The van der Waals surface area contributed by atoms with Gasteiger partial charge in [0.2, 0.25) is 5.91 Å². The van der Waals surface area contributed by atoms with E-state index in [1.165, 1.54) is 16.3 Å². The molecule has 1 fully saturated rings. The molecular weight excluding hydrogens is 489 g/mol. The molecule has 164 valence electrons. The maximum absolute atomic E-state index is 12.0. The molecule has 30 heavy (non-hydrogen) atoms. The second kappa shape index (κ2) is 12.1. The minimum Gasteiger partial charge on any atom is -0.357 e. The van der Waals surface area contributed by atoms with Crippen LogP contribution in [0.25, 0.3) is 10.8 Å². The van der Waals surface area contributed by atoms with Gasteiger partial charge in [0.15, 0.2) is 5.96 Å². The first-order chi connectivity index (χ1) is 14.0. The zero-order valence-corrected chi connectivity index (χ0v) is 20.6. The molecule has 0 aromatic heterocycles. The van der Waals surface area contributed by atoms with Gasteiger partial charge in [-0.1, -0.05) is 36.4 Å². The highest BCUT2D eigenvalue weighted by Crippen LogP contribution is 2.16. The number of nitrogens with one attached hydrogen (secondary N) is 2. The Labute approximate surface area is 197 Å². The van der Waals surface area contributed by atoms with E-state index in [0.717, 1.165) is 38.7 Å². The van der Waals surface area contributed by atoms with Crippen LogP contribution in [0.15, 0.2) is 47.5 Å². The molecule has 2 aromatic rings. The van der Waals surface area contributed by atoms with Gasteiger partial charge in [0.05, 0.1) is 13.1 Å². The van der Waals surface area contributed by atoms with Gasteiger partial charge in [0.25, 0.3) is 0 Å². The Morgan fingerprint density at radius 2 is 1.77 bits per heavy atom. The van der Waals surface area contributed by atoms with Crippen LogP contribution < -0.4 is 10.6 Å². The second-order valence-electron chi connectivity index (χ2n) is 7.84. The third-order valence-corrected chi connectivity index (χ3v) is 5.05. The fourth-order valence-electron chi connectivity index (χ4n) is 3.62. The van der Waals surface area contributed by atoms with Crippen molar-refractivity contribution >= 4 is 46.6 Å². The predicted molar refractivity (Wildman–Crippen MR) is 135 cm³/mol. The monoisotopic (exact) mass is 523 g/mol. The molecule has 0 saturated carbocycles. The Balaban J connectivity index is 0.00000320. The van der Waals surface area contributed by atoms with Crippen molar-refractivity contribution in [3.63, 3.8) is 0 Å². The molecule has 2 aromatic carbocycles. The lowest BCUT2D eigenvalue weighted by Crippen LogP contribution is -2.54. The van der Waals surface area contributed by atoms with Crippen LogP contribution in [0.2, 0.25) is 0 Å². The van der Waals surface area contributed by atoms with Crippen LogP contribution in [0.4, 0.5) is 0 Å². The van der Waals surface area contributed by atoms with Crippen molar-refractivity contribution in [2.45, 2.75) is 33.4 Å². The van der Waals surface area contributed by atoms with E-state index in [4.69, 9.17) is 4.99 Å². The minimum absolute atomic E-state index is 0. The Bertz CT molecular complexity index is 846. The number of aliphatic imine (C=N–C) groups is 1. The lowest BCUT2D eigenvalue weighted by atomic mass is 10.1. The van der Waals surface area contributed by atoms with Crippen molar-refractivity contribution < 1.29 is 4.79 Å². The summed E-state index contributed by atoms with van der Waals surface area (Å²) in [6.07, 6.45) is 0. The fourth-order valence-corrected chi connectivity index (χ4v) is 3.62. The first-order valence-electron chi connectivity index (χ1n) is 10.6. The highest BCUT2D eigenvalue weighted by atomic mass is 127. The number of nitrogens with zero attached hydrogens (tertiary/aromatic N) is 3. The van der Waals surface area contributed by atoms with Gasteiger partial charge in [-0.15, -0.1) is 24.0 Å². The van der Waals surface area contributed by atoms with Crippen LogP contribution in [-0.2, 0) is 11.3 Å². The normalized spacial score (nSPS) is 15.2. The molecule has 6 nitrogen and oxygen atoms in total. The van der Waals surface area contributed by atoms with E-state index < -0.39 is 0 Å². The van der Waals surface area contributed by atoms with Gasteiger partial charge in [-0.05, 0) is 43.2 Å². The largest absolute Gasteiger partial charge is 0.357 e. The number of carbonyl (C=O) groups excluding carboxylic acids is 1. The summed E-state index contributed by atoms with van der Waals surface area (Å²) in [4.78, 5) is 21.4. The molecule has 1 amide bonds. The minimum atomic E-state index is 0. The van der Waals surface area contributed by atoms with E-state index in [0.29, 0.717) is 13.1 Å². The standard InChI is InChI=1S/C23H33N5O.HI/c1-4-24-23(25-16-19-9-10-20-7-5-6-8-21(20)15-19)28-13-11-27(12-14-28)17-22(29)26-18(2)3;/h5-10,15,18H,4,11-14,16-17H2,1-3H3,(H,24,25)(H,26,29);1H. The molecule has 1 aliphatic heterocycles. The molecule has 0 unspecified atom stereocenters. The average molecular weight is 523 g/mol. The maximum Gasteiger partial charge on any atom is 0.234 e. The molecule has 0 radical (unpaired) electrons. The number of hydrogen-bond donors (Lipinski definition) is 2. The van der Waals surface area contributed by atoms with Gasteiger partial charge in [-0.2, -0.15) is 0 Å². The first kappa shape index (κ1) is 24.4. The van der Waals surface area contributed by atoms with Crippen molar-refractivity contribution in [3.05, 3.63) is 48.0 Å². The molecule has 1 aliphatic rings. The smallest absolute Gasteiger partial charge is 0.234 e. The van der Waals surface area contributed by atoms with E-state index in [-0.39, 0.29) is 35.9 Å². The third-order valence-electron chi connectivity index (χ3n) is 5.05. The van der Waals surface area contributed by atoms with Crippen molar-refractivity contribution in [2.24, 2.45) is 4.99 Å². The fraction of sp³-hybridized carbons (Fsp3) is 0.478. The maximum atomic E-state index is 12.0. The van der Waals surface area contributed by atoms with Crippen molar-refractivity contribution in [2.75, 3.05) is 39.3 Å². The molecule has 0 bridgehead atoms. The molecule has 0 aliphatic carbocycles. The molecule has 2 N–H and O–H groups in total. The van der Waals surface area contributed by atoms with E-state index in [2.05, 4.69) is 69.8 Å². The van der Waals surface area contributed by atoms with Gasteiger partial charge < -0.3 is 15.5 Å². The second-order valence-corrected chi connectivity index (χ2v) is 7.84. The molecular formula is C23H34IN5O. The predicted octanol–water partition coefficient (Wildman–Crippen LogP) is 3.07. The number of carbonyl (C=O) groups is 1. The van der Waals surface area contributed by atoms with Gasteiger partial charge in [0, 0.05) is 38.8 Å². The lowest BCUT2D eigenvalue weighted by molar-refractivity contribution is -0.123. The summed E-state index contributed by atoms with van der Waals surface area (Å²) < 4.78 is 0. The van der Waals surface area contributed by atoms with Crippen LogP contribution in [0, 0.1) is 0 Å². The zero-order valence-electron chi connectivity index (χ0n) is 18.2. The molecule has 1 heterocycles. The summed E-state index contributed by atoms with van der Waals surface area (Å²) in [5.74, 6) is 1.05. The SMILES string of the molecule is CCNC(=NCc1ccc2ccccc2c1)N1CCN(CC(=O)NC(C)C)CC1.I. The van der Waals surface area contributed by atoms with Gasteiger partial charge in [-0.25, -0.2) is 4.99 Å². The summed E-state index contributed by atoms with van der Waals surface area (Å²) >= 11 is 0. The highest BCUT2D eigenvalue weighted by Gasteiger charge is 2.21. The third kappa shape index (κ3) is 7.12. The highest BCUT2D eigenvalue weighted by molar-refractivity contribution is 14.0. The molecule has 3 rings (SSSR count). The zero-order chi connectivity index (χ0) is 20.6. The summed E-state index contributed by atoms with van der Waals surface area (Å²) in [7, 11) is 0. The summed E-state index contributed by atoms with van der Waals surface area (Å²) in [6, 6.07) is 15.1. The van der Waals surface area contributed by atoms with Gasteiger partial charge >= 0.3 is 0 Å². The van der Waals surface area contributed by atoms with Crippen molar-refractivity contribution in [3.8, 4) is 0 Å². The van der Waals surface area contributed by atoms with E-state index in [1.807, 2.05) is 13.8 Å². The van der Waals surface area contributed by atoms with Crippen LogP contribution in [0.1, 0.15) is 26.3 Å². The molecule has 1 saturated heterocycles. The van der Waals surface area contributed by atoms with E-state index >= 15 is 0 Å². The van der Waals surface area contributed by atoms with Gasteiger partial charge in [0.1, 0.15) is 0 Å². The van der Waals surface area contributed by atoms with Crippen LogP contribution in [-0.4, -0.2) is 67.0 Å². The summed E-state index contributed by atoms with van der Waals surface area (Å²) in [5, 5.41) is 8.89. The average Bonchev–Trinajstić information content (AvgIpc) is 2.71. The van der Waals surface area contributed by atoms with Crippen LogP contribution >= 0.6 is 24.0 Å². The summed E-state index contributed by atoms with van der Waals surface area (Å²) in [5.41, 5.74) is 1.21.